The third kappa shape index (κ3) is 3.30. The van der Waals surface area contributed by atoms with Crippen molar-refractivity contribution in [1.29, 1.82) is 0 Å². The summed E-state index contributed by atoms with van der Waals surface area (Å²) < 4.78 is 6.87. The van der Waals surface area contributed by atoms with Crippen molar-refractivity contribution in [3.8, 4) is 0 Å². The normalized spacial score (nSPS) is 21.6. The van der Waals surface area contributed by atoms with Gasteiger partial charge in [-0.25, -0.2) is 0 Å². The van der Waals surface area contributed by atoms with Gasteiger partial charge < -0.3 is 14.7 Å². The molecule has 0 spiro atoms. The van der Waals surface area contributed by atoms with Crippen molar-refractivity contribution >= 4 is 11.9 Å². The molecule has 7 nitrogen and oxygen atoms in total. The summed E-state index contributed by atoms with van der Waals surface area (Å²) in [5.74, 6) is -0.868. The summed E-state index contributed by atoms with van der Waals surface area (Å²) in [6.07, 6.45) is 0.357. The number of aromatic nitrogens is 2. The Hall–Kier alpha value is -1.89. The number of likely N-dealkylation sites (tertiary alicyclic amines) is 1. The number of carboxylic acids is 1. The van der Waals surface area contributed by atoms with Crippen LogP contribution in [0.1, 0.15) is 48.8 Å². The van der Waals surface area contributed by atoms with E-state index in [2.05, 4.69) is 5.10 Å². The zero-order valence-corrected chi connectivity index (χ0v) is 13.4. The smallest absolute Gasteiger partial charge is 0.305 e. The van der Waals surface area contributed by atoms with Gasteiger partial charge >= 0.3 is 5.97 Å². The number of hydrogen-bond acceptors (Lipinski definition) is 4. The Morgan fingerprint density at radius 3 is 2.68 bits per heavy atom. The molecule has 1 amide bonds. The Kier molecular flexibility index (Phi) is 4.85. The van der Waals surface area contributed by atoms with Gasteiger partial charge in [-0.05, 0) is 18.4 Å². The third-order valence-electron chi connectivity index (χ3n) is 4.09. The molecule has 1 aliphatic rings. The topological polar surface area (TPSA) is 84.7 Å². The maximum Gasteiger partial charge on any atom is 0.305 e. The highest BCUT2D eigenvalue weighted by Gasteiger charge is 2.37. The first-order chi connectivity index (χ1) is 10.3. The first-order valence-electron chi connectivity index (χ1n) is 7.43. The number of carbonyl (C=O) groups excluding carboxylic acids is 1. The number of ether oxygens (including phenoxy) is 1. The number of carbonyl (C=O) groups is 2. The molecule has 2 unspecified atom stereocenters. The van der Waals surface area contributed by atoms with Gasteiger partial charge in [0.25, 0.3) is 5.91 Å². The Morgan fingerprint density at radius 2 is 2.18 bits per heavy atom. The van der Waals surface area contributed by atoms with E-state index >= 15 is 0 Å². The highest BCUT2D eigenvalue weighted by Crippen LogP contribution is 2.25. The van der Waals surface area contributed by atoms with E-state index < -0.39 is 5.97 Å². The van der Waals surface area contributed by atoms with Gasteiger partial charge in [-0.15, -0.1) is 0 Å². The van der Waals surface area contributed by atoms with Crippen LogP contribution in [0.3, 0.4) is 0 Å². The van der Waals surface area contributed by atoms with E-state index in [4.69, 9.17) is 9.84 Å². The molecule has 1 fully saturated rings. The molecule has 1 saturated heterocycles. The van der Waals surface area contributed by atoms with E-state index in [-0.39, 0.29) is 30.4 Å². The quantitative estimate of drug-likeness (QED) is 0.885. The molecule has 0 bridgehead atoms. The third-order valence-corrected chi connectivity index (χ3v) is 4.09. The van der Waals surface area contributed by atoms with Crippen molar-refractivity contribution in [2.75, 3.05) is 13.7 Å². The first kappa shape index (κ1) is 16.5. The number of carboxylic acid groups (broad SMARTS) is 1. The van der Waals surface area contributed by atoms with Crippen molar-refractivity contribution in [2.24, 2.45) is 7.05 Å². The van der Waals surface area contributed by atoms with E-state index in [0.717, 1.165) is 5.69 Å². The summed E-state index contributed by atoms with van der Waals surface area (Å²) in [5.41, 5.74) is 1.33. The average Bonchev–Trinajstić information content (AvgIpc) is 3.01. The van der Waals surface area contributed by atoms with Gasteiger partial charge in [0.05, 0.1) is 18.2 Å². The van der Waals surface area contributed by atoms with Gasteiger partial charge in [0.15, 0.2) is 0 Å². The zero-order chi connectivity index (χ0) is 16.4. The molecule has 1 N–H and O–H groups in total. The molecule has 1 aliphatic heterocycles. The van der Waals surface area contributed by atoms with Crippen molar-refractivity contribution < 1.29 is 19.4 Å². The highest BCUT2D eigenvalue weighted by molar-refractivity contribution is 5.93. The summed E-state index contributed by atoms with van der Waals surface area (Å²) in [7, 11) is 3.31. The molecule has 2 rings (SSSR count). The minimum absolute atomic E-state index is 0.0690. The Labute approximate surface area is 129 Å². The summed E-state index contributed by atoms with van der Waals surface area (Å²) in [4.78, 5) is 25.4. The van der Waals surface area contributed by atoms with Crippen LogP contribution >= 0.6 is 0 Å². The monoisotopic (exact) mass is 309 g/mol. The molecule has 22 heavy (non-hydrogen) atoms. The second-order valence-electron chi connectivity index (χ2n) is 6.04. The van der Waals surface area contributed by atoms with Gasteiger partial charge in [-0.3, -0.25) is 14.3 Å². The Bertz CT molecular complexity index is 567. The molecule has 1 aromatic heterocycles. The molecule has 0 aromatic carbocycles. The SMILES string of the molecule is COC1CC(CC(=O)O)N(C(=O)c2cc(C(C)C)nn2C)C1. The Balaban J connectivity index is 2.24. The summed E-state index contributed by atoms with van der Waals surface area (Å²) >= 11 is 0. The lowest BCUT2D eigenvalue weighted by molar-refractivity contribution is -0.138. The van der Waals surface area contributed by atoms with E-state index in [9.17, 15) is 9.59 Å². The van der Waals surface area contributed by atoms with Crippen LogP contribution in [-0.2, 0) is 16.6 Å². The molecule has 7 heteroatoms. The lowest BCUT2D eigenvalue weighted by Crippen LogP contribution is -2.38. The van der Waals surface area contributed by atoms with Crippen LogP contribution < -0.4 is 0 Å². The van der Waals surface area contributed by atoms with E-state index in [1.807, 2.05) is 13.8 Å². The fraction of sp³-hybridized carbons (Fsp3) is 0.667. The molecule has 0 aliphatic carbocycles. The number of amides is 1. The van der Waals surface area contributed by atoms with E-state index in [0.29, 0.717) is 18.7 Å². The number of aryl methyl sites for hydroxylation is 1. The van der Waals surface area contributed by atoms with Crippen LogP contribution in [0.2, 0.25) is 0 Å². The Morgan fingerprint density at radius 1 is 1.50 bits per heavy atom. The van der Waals surface area contributed by atoms with Crippen LogP contribution in [0.25, 0.3) is 0 Å². The number of hydrogen-bond donors (Lipinski definition) is 1. The van der Waals surface area contributed by atoms with Crippen molar-refractivity contribution in [3.63, 3.8) is 0 Å². The average molecular weight is 309 g/mol. The summed E-state index contributed by atoms with van der Waals surface area (Å²) in [5, 5.41) is 13.4. The lowest BCUT2D eigenvalue weighted by Gasteiger charge is -2.23. The summed E-state index contributed by atoms with van der Waals surface area (Å²) in [6.45, 7) is 4.44. The first-order valence-corrected chi connectivity index (χ1v) is 7.43. The van der Waals surface area contributed by atoms with Crippen molar-refractivity contribution in [2.45, 2.75) is 44.8 Å². The fourth-order valence-corrected chi connectivity index (χ4v) is 2.81. The molecular formula is C15H23N3O4. The molecule has 2 atom stereocenters. The maximum absolute atomic E-state index is 12.8. The second-order valence-corrected chi connectivity index (χ2v) is 6.04. The van der Waals surface area contributed by atoms with Gasteiger partial charge in [0, 0.05) is 26.7 Å². The van der Waals surface area contributed by atoms with Gasteiger partial charge in [0.2, 0.25) is 0 Å². The molecule has 0 saturated carbocycles. The maximum atomic E-state index is 12.8. The lowest BCUT2D eigenvalue weighted by atomic mass is 10.1. The van der Waals surface area contributed by atoms with Gasteiger partial charge in [-0.2, -0.15) is 5.10 Å². The highest BCUT2D eigenvalue weighted by atomic mass is 16.5. The summed E-state index contributed by atoms with van der Waals surface area (Å²) in [6, 6.07) is 1.44. The van der Waals surface area contributed by atoms with E-state index in [1.54, 1.807) is 29.8 Å². The number of rotatable bonds is 5. The second kappa shape index (κ2) is 6.48. The van der Waals surface area contributed by atoms with Gasteiger partial charge in [-0.1, -0.05) is 13.8 Å². The number of aliphatic carboxylic acids is 1. The van der Waals surface area contributed by atoms with Crippen LogP contribution in [0.15, 0.2) is 6.07 Å². The van der Waals surface area contributed by atoms with Crippen LogP contribution in [0.5, 0.6) is 0 Å². The number of methoxy groups -OCH3 is 1. The van der Waals surface area contributed by atoms with Crippen LogP contribution in [0, 0.1) is 0 Å². The molecular weight excluding hydrogens is 286 g/mol. The minimum Gasteiger partial charge on any atom is -0.481 e. The predicted octanol–water partition coefficient (Wildman–Crippen LogP) is 1.25. The van der Waals surface area contributed by atoms with Crippen molar-refractivity contribution in [1.82, 2.24) is 14.7 Å². The molecule has 2 heterocycles. The van der Waals surface area contributed by atoms with Crippen molar-refractivity contribution in [3.05, 3.63) is 17.5 Å². The fourth-order valence-electron chi connectivity index (χ4n) is 2.81. The molecule has 122 valence electrons. The van der Waals surface area contributed by atoms with Gasteiger partial charge in [0.1, 0.15) is 5.69 Å². The minimum atomic E-state index is -0.910. The molecule has 0 radical (unpaired) electrons. The predicted molar refractivity (Wildman–Crippen MR) is 79.8 cm³/mol. The number of nitrogens with zero attached hydrogens (tertiary/aromatic N) is 3. The largest absolute Gasteiger partial charge is 0.481 e. The zero-order valence-electron chi connectivity index (χ0n) is 13.4. The van der Waals surface area contributed by atoms with Crippen LogP contribution in [-0.4, -0.2) is 57.5 Å². The standard InChI is InChI=1S/C15H23N3O4/c1-9(2)12-7-13(17(3)16-12)15(21)18-8-11(22-4)5-10(18)6-14(19)20/h7,9-11H,5-6,8H2,1-4H3,(H,19,20). The van der Waals surface area contributed by atoms with Crippen LogP contribution in [0.4, 0.5) is 0 Å². The van der Waals surface area contributed by atoms with E-state index in [1.165, 1.54) is 0 Å². The molecule has 1 aromatic rings.